The predicted molar refractivity (Wildman–Crippen MR) is 62.8 cm³/mol. The zero-order valence-corrected chi connectivity index (χ0v) is 9.84. The van der Waals surface area contributed by atoms with E-state index in [1.807, 2.05) is 31.2 Å². The van der Waals surface area contributed by atoms with Gasteiger partial charge in [0.25, 0.3) is 0 Å². The van der Waals surface area contributed by atoms with Crippen molar-refractivity contribution >= 4 is 0 Å². The van der Waals surface area contributed by atoms with Crippen molar-refractivity contribution in [2.75, 3.05) is 13.7 Å². The summed E-state index contributed by atoms with van der Waals surface area (Å²) in [5.74, 6) is -0.117. The quantitative estimate of drug-likeness (QED) is 0.803. The summed E-state index contributed by atoms with van der Waals surface area (Å²) in [6.45, 7) is 2.80. The van der Waals surface area contributed by atoms with Crippen molar-refractivity contribution in [2.45, 2.75) is 13.5 Å². The largest absolute Gasteiger partial charge is 0.437 e. The smallest absolute Gasteiger partial charge is 0.388 e. The van der Waals surface area contributed by atoms with Gasteiger partial charge in [-0.1, -0.05) is 17.7 Å². The van der Waals surface area contributed by atoms with E-state index in [-0.39, 0.29) is 0 Å². The lowest BCUT2D eigenvalue weighted by Crippen LogP contribution is -2.18. The maximum Gasteiger partial charge on any atom is 0.437 e. The summed E-state index contributed by atoms with van der Waals surface area (Å²) in [5, 5.41) is 4.12. The highest BCUT2D eigenvalue weighted by Crippen LogP contribution is 2.16. The number of aryl methyl sites for hydroxylation is 1. The molecule has 0 saturated heterocycles. The summed E-state index contributed by atoms with van der Waals surface area (Å²) < 4.78 is 11.3. The van der Waals surface area contributed by atoms with Crippen molar-refractivity contribution in [3.05, 3.63) is 40.4 Å². The molecule has 2 rings (SSSR count). The van der Waals surface area contributed by atoms with Gasteiger partial charge in [0.1, 0.15) is 0 Å². The highest BCUT2D eigenvalue weighted by Gasteiger charge is 2.09. The first kappa shape index (κ1) is 11.6. The van der Waals surface area contributed by atoms with Crippen molar-refractivity contribution < 1.29 is 9.15 Å². The molecule has 1 heterocycles. The van der Waals surface area contributed by atoms with Gasteiger partial charge in [-0.05, 0) is 19.1 Å². The Kier molecular flexibility index (Phi) is 3.39. The second kappa shape index (κ2) is 4.97. The van der Waals surface area contributed by atoms with Crippen LogP contribution in [-0.4, -0.2) is 23.5 Å². The third-order valence-corrected chi connectivity index (χ3v) is 2.38. The summed E-state index contributed by atoms with van der Waals surface area (Å²) >= 11 is 0. The summed E-state index contributed by atoms with van der Waals surface area (Å²) in [7, 11) is 1.58. The van der Waals surface area contributed by atoms with Crippen LogP contribution in [0.4, 0.5) is 0 Å². The van der Waals surface area contributed by atoms with Crippen LogP contribution in [0, 0.1) is 6.92 Å². The Morgan fingerprint density at radius 3 is 3.00 bits per heavy atom. The van der Waals surface area contributed by atoms with Crippen molar-refractivity contribution in [3.8, 4) is 11.5 Å². The SMILES string of the molecule is COCCn1nc(-c2cccc(C)c2)oc1=O. The van der Waals surface area contributed by atoms with Gasteiger partial charge in [-0.2, -0.15) is 4.68 Å². The lowest BCUT2D eigenvalue weighted by molar-refractivity contribution is 0.181. The second-order valence-electron chi connectivity index (χ2n) is 3.76. The maximum atomic E-state index is 11.5. The molecule has 2 aromatic rings. The molecular formula is C12H14N2O3. The van der Waals surface area contributed by atoms with Gasteiger partial charge in [-0.15, -0.1) is 5.10 Å². The molecule has 0 bridgehead atoms. The van der Waals surface area contributed by atoms with Crippen molar-refractivity contribution in [2.24, 2.45) is 0 Å². The first-order valence-corrected chi connectivity index (χ1v) is 5.34. The zero-order valence-electron chi connectivity index (χ0n) is 9.84. The minimum absolute atomic E-state index is 0.342. The molecule has 17 heavy (non-hydrogen) atoms. The number of hydrogen-bond donors (Lipinski definition) is 0. The molecule has 0 amide bonds. The van der Waals surface area contributed by atoms with E-state index in [0.717, 1.165) is 11.1 Å². The Morgan fingerprint density at radius 2 is 2.29 bits per heavy atom. The summed E-state index contributed by atoms with van der Waals surface area (Å²) in [6.07, 6.45) is 0. The summed E-state index contributed by atoms with van der Waals surface area (Å²) in [4.78, 5) is 11.5. The molecule has 0 aliphatic carbocycles. The molecule has 0 saturated carbocycles. The fraction of sp³-hybridized carbons (Fsp3) is 0.333. The number of aromatic nitrogens is 2. The van der Waals surface area contributed by atoms with E-state index in [4.69, 9.17) is 9.15 Å². The van der Waals surface area contributed by atoms with Gasteiger partial charge in [0, 0.05) is 12.7 Å². The van der Waals surface area contributed by atoms with Crippen LogP contribution in [0.2, 0.25) is 0 Å². The van der Waals surface area contributed by atoms with Gasteiger partial charge in [0.2, 0.25) is 5.89 Å². The molecule has 0 fully saturated rings. The average Bonchev–Trinajstić information content (AvgIpc) is 2.68. The van der Waals surface area contributed by atoms with E-state index < -0.39 is 5.76 Å². The predicted octanol–water partition coefficient (Wildman–Crippen LogP) is 1.46. The van der Waals surface area contributed by atoms with E-state index >= 15 is 0 Å². The molecule has 0 aliphatic rings. The molecule has 0 aliphatic heterocycles. The van der Waals surface area contributed by atoms with Crippen LogP contribution in [-0.2, 0) is 11.3 Å². The van der Waals surface area contributed by atoms with Crippen molar-refractivity contribution in [1.29, 1.82) is 0 Å². The molecule has 5 heteroatoms. The Morgan fingerprint density at radius 1 is 1.47 bits per heavy atom. The standard InChI is InChI=1S/C12H14N2O3/c1-9-4-3-5-10(8-9)11-13-14(6-7-16-2)12(15)17-11/h3-5,8H,6-7H2,1-2H3. The highest BCUT2D eigenvalue weighted by atomic mass is 16.5. The fourth-order valence-corrected chi connectivity index (χ4v) is 1.52. The third kappa shape index (κ3) is 2.62. The third-order valence-electron chi connectivity index (χ3n) is 2.38. The normalized spacial score (nSPS) is 10.7. The number of methoxy groups -OCH3 is 1. The van der Waals surface area contributed by atoms with Gasteiger partial charge in [-0.25, -0.2) is 4.79 Å². The number of nitrogens with zero attached hydrogens (tertiary/aromatic N) is 2. The van der Waals surface area contributed by atoms with Crippen LogP contribution >= 0.6 is 0 Å². The van der Waals surface area contributed by atoms with E-state index in [1.54, 1.807) is 7.11 Å². The number of benzene rings is 1. The van der Waals surface area contributed by atoms with Gasteiger partial charge in [0.05, 0.1) is 13.2 Å². The van der Waals surface area contributed by atoms with Crippen LogP contribution < -0.4 is 5.76 Å². The molecule has 90 valence electrons. The summed E-state index contributed by atoms with van der Waals surface area (Å²) in [6, 6.07) is 7.66. The van der Waals surface area contributed by atoms with Crippen molar-refractivity contribution in [1.82, 2.24) is 9.78 Å². The maximum absolute atomic E-state index is 11.5. The summed E-state index contributed by atoms with van der Waals surface area (Å²) in [5.41, 5.74) is 1.90. The van der Waals surface area contributed by atoms with E-state index in [9.17, 15) is 4.79 Å². The Bertz CT molecular complexity index is 557. The molecule has 0 spiro atoms. The highest BCUT2D eigenvalue weighted by molar-refractivity contribution is 5.53. The Labute approximate surface area is 98.6 Å². The van der Waals surface area contributed by atoms with Gasteiger partial charge in [-0.3, -0.25) is 0 Å². The zero-order chi connectivity index (χ0) is 12.3. The second-order valence-corrected chi connectivity index (χ2v) is 3.76. The number of rotatable bonds is 4. The van der Waals surface area contributed by atoms with Crippen molar-refractivity contribution in [3.63, 3.8) is 0 Å². The number of hydrogen-bond acceptors (Lipinski definition) is 4. The van der Waals surface area contributed by atoms with Crippen LogP contribution in [0.25, 0.3) is 11.5 Å². The van der Waals surface area contributed by atoms with E-state index in [0.29, 0.717) is 19.0 Å². The van der Waals surface area contributed by atoms with Crippen LogP contribution in [0.1, 0.15) is 5.56 Å². The van der Waals surface area contributed by atoms with E-state index in [2.05, 4.69) is 5.10 Å². The van der Waals surface area contributed by atoms with Crippen LogP contribution in [0.5, 0.6) is 0 Å². The monoisotopic (exact) mass is 234 g/mol. The Hall–Kier alpha value is -1.88. The first-order chi connectivity index (χ1) is 8.20. The number of ether oxygens (including phenoxy) is 1. The van der Waals surface area contributed by atoms with Crippen LogP contribution in [0.3, 0.4) is 0 Å². The molecule has 0 radical (unpaired) electrons. The van der Waals surface area contributed by atoms with Crippen LogP contribution in [0.15, 0.2) is 33.5 Å². The fourth-order valence-electron chi connectivity index (χ4n) is 1.52. The average molecular weight is 234 g/mol. The molecule has 5 nitrogen and oxygen atoms in total. The Balaban J connectivity index is 2.31. The lowest BCUT2D eigenvalue weighted by atomic mass is 10.1. The van der Waals surface area contributed by atoms with E-state index in [1.165, 1.54) is 4.68 Å². The molecule has 0 unspecified atom stereocenters. The minimum atomic E-state index is -0.460. The minimum Gasteiger partial charge on any atom is -0.388 e. The van der Waals surface area contributed by atoms with Gasteiger partial charge >= 0.3 is 5.76 Å². The molecule has 1 aromatic heterocycles. The molecular weight excluding hydrogens is 220 g/mol. The van der Waals surface area contributed by atoms with Gasteiger partial charge in [0.15, 0.2) is 0 Å². The van der Waals surface area contributed by atoms with Gasteiger partial charge < -0.3 is 9.15 Å². The first-order valence-electron chi connectivity index (χ1n) is 5.34. The topological polar surface area (TPSA) is 57.3 Å². The lowest BCUT2D eigenvalue weighted by Gasteiger charge is -1.97. The molecule has 0 N–H and O–H groups in total. The molecule has 0 atom stereocenters. The molecule has 1 aromatic carbocycles.